The average molecular weight is 389 g/mol. The molecule has 1 amide bonds. The standard InChI is InChI=1S/C21H19N5OS/c1-14-17-19(26(2)16-8-4-3-5-9-16)24-13-25-21(17)28-18(14)20(27)23-12-15-7-6-10-22-11-15/h3-11,13H,12H2,1-2H3,(H,23,27). The fourth-order valence-corrected chi connectivity index (χ4v) is 4.12. The normalized spacial score (nSPS) is 10.8. The van der Waals surface area contributed by atoms with E-state index < -0.39 is 0 Å². The molecule has 140 valence electrons. The van der Waals surface area contributed by atoms with Gasteiger partial charge in [-0.25, -0.2) is 9.97 Å². The number of pyridine rings is 1. The number of anilines is 2. The molecule has 0 aliphatic rings. The monoisotopic (exact) mass is 389 g/mol. The summed E-state index contributed by atoms with van der Waals surface area (Å²) in [5.41, 5.74) is 2.87. The van der Waals surface area contributed by atoms with E-state index in [0.29, 0.717) is 11.4 Å². The molecule has 0 fully saturated rings. The van der Waals surface area contributed by atoms with E-state index in [1.165, 1.54) is 11.3 Å². The summed E-state index contributed by atoms with van der Waals surface area (Å²) >= 11 is 1.39. The van der Waals surface area contributed by atoms with E-state index in [1.54, 1.807) is 18.7 Å². The van der Waals surface area contributed by atoms with Gasteiger partial charge < -0.3 is 10.2 Å². The van der Waals surface area contributed by atoms with Crippen LogP contribution in [0.15, 0.2) is 61.2 Å². The zero-order chi connectivity index (χ0) is 19.5. The van der Waals surface area contributed by atoms with Crippen molar-refractivity contribution < 1.29 is 4.79 Å². The number of aryl methyl sites for hydroxylation is 1. The number of amides is 1. The fraction of sp³-hybridized carbons (Fsp3) is 0.143. The first-order valence-electron chi connectivity index (χ1n) is 8.85. The van der Waals surface area contributed by atoms with Gasteiger partial charge in [0.2, 0.25) is 0 Å². The summed E-state index contributed by atoms with van der Waals surface area (Å²) in [5, 5.41) is 3.87. The number of hydrogen-bond acceptors (Lipinski definition) is 6. The molecule has 28 heavy (non-hydrogen) atoms. The van der Waals surface area contributed by atoms with Crippen LogP contribution in [-0.2, 0) is 6.54 Å². The van der Waals surface area contributed by atoms with Crippen molar-refractivity contribution in [2.45, 2.75) is 13.5 Å². The lowest BCUT2D eigenvalue weighted by atomic mass is 10.1. The molecule has 4 rings (SSSR count). The maximum absolute atomic E-state index is 12.8. The number of thiophene rings is 1. The first-order valence-corrected chi connectivity index (χ1v) is 9.67. The Hall–Kier alpha value is -3.32. The van der Waals surface area contributed by atoms with Gasteiger partial charge in [-0.05, 0) is 36.2 Å². The van der Waals surface area contributed by atoms with E-state index >= 15 is 0 Å². The Morgan fingerprint density at radius 2 is 1.96 bits per heavy atom. The van der Waals surface area contributed by atoms with Crippen molar-refractivity contribution >= 4 is 39.0 Å². The van der Waals surface area contributed by atoms with Crippen LogP contribution >= 0.6 is 11.3 Å². The van der Waals surface area contributed by atoms with Crippen molar-refractivity contribution in [1.82, 2.24) is 20.3 Å². The molecule has 6 nitrogen and oxygen atoms in total. The second kappa shape index (κ2) is 7.74. The minimum Gasteiger partial charge on any atom is -0.347 e. The summed E-state index contributed by atoms with van der Waals surface area (Å²) in [6, 6.07) is 13.8. The van der Waals surface area contributed by atoms with Crippen LogP contribution in [0.3, 0.4) is 0 Å². The predicted molar refractivity (Wildman–Crippen MR) is 112 cm³/mol. The number of hydrogen-bond donors (Lipinski definition) is 1. The molecule has 0 saturated carbocycles. The molecule has 0 atom stereocenters. The Morgan fingerprint density at radius 1 is 1.14 bits per heavy atom. The molecule has 7 heteroatoms. The smallest absolute Gasteiger partial charge is 0.261 e. The molecule has 0 saturated heterocycles. The first-order chi connectivity index (χ1) is 13.6. The number of rotatable bonds is 5. The molecule has 0 bridgehead atoms. The second-order valence-electron chi connectivity index (χ2n) is 6.37. The third-order valence-electron chi connectivity index (χ3n) is 4.55. The van der Waals surface area contributed by atoms with Crippen LogP contribution in [0, 0.1) is 6.92 Å². The summed E-state index contributed by atoms with van der Waals surface area (Å²) in [6.45, 7) is 2.38. The van der Waals surface area contributed by atoms with Crippen molar-refractivity contribution in [2.24, 2.45) is 0 Å². The third kappa shape index (κ3) is 3.44. The minimum absolute atomic E-state index is 0.113. The Balaban J connectivity index is 1.66. The number of nitrogens with zero attached hydrogens (tertiary/aromatic N) is 4. The van der Waals surface area contributed by atoms with E-state index in [9.17, 15) is 4.79 Å². The van der Waals surface area contributed by atoms with Gasteiger partial charge in [-0.1, -0.05) is 24.3 Å². The number of benzene rings is 1. The van der Waals surface area contributed by atoms with Gasteiger partial charge in [0.25, 0.3) is 5.91 Å². The van der Waals surface area contributed by atoms with Gasteiger partial charge in [0, 0.05) is 31.7 Å². The van der Waals surface area contributed by atoms with Crippen molar-refractivity contribution in [3.8, 4) is 0 Å². The highest BCUT2D eigenvalue weighted by Gasteiger charge is 2.21. The van der Waals surface area contributed by atoms with Gasteiger partial charge in [-0.2, -0.15) is 0 Å². The summed E-state index contributed by atoms with van der Waals surface area (Å²) in [4.78, 5) is 29.2. The number of aromatic nitrogens is 3. The number of carbonyl (C=O) groups is 1. The maximum atomic E-state index is 12.8. The highest BCUT2D eigenvalue weighted by atomic mass is 32.1. The van der Waals surface area contributed by atoms with Gasteiger partial charge >= 0.3 is 0 Å². The number of nitrogens with one attached hydrogen (secondary N) is 1. The van der Waals surface area contributed by atoms with E-state index in [-0.39, 0.29) is 5.91 Å². The summed E-state index contributed by atoms with van der Waals surface area (Å²) in [5.74, 6) is 0.675. The van der Waals surface area contributed by atoms with Crippen LogP contribution < -0.4 is 10.2 Å². The Bertz CT molecular complexity index is 1110. The molecule has 0 aliphatic heterocycles. The zero-order valence-electron chi connectivity index (χ0n) is 15.6. The van der Waals surface area contributed by atoms with Gasteiger partial charge in [0.15, 0.2) is 0 Å². The third-order valence-corrected chi connectivity index (χ3v) is 5.75. The van der Waals surface area contributed by atoms with Crippen molar-refractivity contribution in [1.29, 1.82) is 0 Å². The summed E-state index contributed by atoms with van der Waals surface area (Å²) < 4.78 is 0. The lowest BCUT2D eigenvalue weighted by Gasteiger charge is -2.19. The highest BCUT2D eigenvalue weighted by molar-refractivity contribution is 7.20. The van der Waals surface area contributed by atoms with E-state index in [4.69, 9.17) is 0 Å². The van der Waals surface area contributed by atoms with Crippen LogP contribution in [0.5, 0.6) is 0 Å². The highest BCUT2D eigenvalue weighted by Crippen LogP contribution is 2.36. The quantitative estimate of drug-likeness (QED) is 0.557. The van der Waals surface area contributed by atoms with Gasteiger partial charge in [0.05, 0.1) is 10.3 Å². The molecule has 3 aromatic heterocycles. The van der Waals surface area contributed by atoms with E-state index in [0.717, 1.165) is 32.8 Å². The van der Waals surface area contributed by atoms with Crippen molar-refractivity contribution in [2.75, 3.05) is 11.9 Å². The molecule has 1 N–H and O–H groups in total. The van der Waals surface area contributed by atoms with E-state index in [2.05, 4.69) is 20.3 Å². The van der Waals surface area contributed by atoms with Gasteiger partial charge in [-0.15, -0.1) is 11.3 Å². The molecule has 0 unspecified atom stereocenters. The average Bonchev–Trinajstić information content (AvgIpc) is 3.10. The lowest BCUT2D eigenvalue weighted by molar-refractivity contribution is 0.0954. The van der Waals surface area contributed by atoms with Crippen molar-refractivity contribution in [3.63, 3.8) is 0 Å². The van der Waals surface area contributed by atoms with Gasteiger partial charge in [0.1, 0.15) is 17.0 Å². The SMILES string of the molecule is Cc1c(C(=O)NCc2cccnc2)sc2ncnc(N(C)c3ccccc3)c12. The molecule has 1 aromatic carbocycles. The number of fused-ring (bicyclic) bond motifs is 1. The van der Waals surface area contributed by atoms with E-state index in [1.807, 2.05) is 61.3 Å². The van der Waals surface area contributed by atoms with Crippen LogP contribution in [0.2, 0.25) is 0 Å². The number of carbonyl (C=O) groups excluding carboxylic acids is 1. The van der Waals surface area contributed by atoms with Crippen LogP contribution in [0.25, 0.3) is 10.2 Å². The fourth-order valence-electron chi connectivity index (χ4n) is 3.06. The molecule has 0 aliphatic carbocycles. The lowest BCUT2D eigenvalue weighted by Crippen LogP contribution is -2.22. The molecule has 3 heterocycles. The Morgan fingerprint density at radius 3 is 2.71 bits per heavy atom. The van der Waals surface area contributed by atoms with Crippen LogP contribution in [-0.4, -0.2) is 27.9 Å². The molecule has 0 radical (unpaired) electrons. The summed E-state index contributed by atoms with van der Waals surface area (Å²) in [6.07, 6.45) is 5.01. The topological polar surface area (TPSA) is 71.0 Å². The molecule has 0 spiro atoms. The Kier molecular flexibility index (Phi) is 4.99. The maximum Gasteiger partial charge on any atom is 0.261 e. The summed E-state index contributed by atoms with van der Waals surface area (Å²) in [7, 11) is 1.97. The molecular weight excluding hydrogens is 370 g/mol. The van der Waals surface area contributed by atoms with Crippen LogP contribution in [0.1, 0.15) is 20.8 Å². The zero-order valence-corrected chi connectivity index (χ0v) is 16.4. The minimum atomic E-state index is -0.113. The molecule has 4 aromatic rings. The molecular formula is C21H19N5OS. The first kappa shape index (κ1) is 18.1. The Labute approximate surface area is 166 Å². The second-order valence-corrected chi connectivity index (χ2v) is 7.37. The number of para-hydroxylation sites is 1. The largest absolute Gasteiger partial charge is 0.347 e. The predicted octanol–water partition coefficient (Wildman–Crippen LogP) is 4.09. The van der Waals surface area contributed by atoms with Gasteiger partial charge in [-0.3, -0.25) is 9.78 Å². The van der Waals surface area contributed by atoms with Crippen LogP contribution in [0.4, 0.5) is 11.5 Å². The van der Waals surface area contributed by atoms with Crippen molar-refractivity contribution in [3.05, 3.63) is 77.2 Å².